The maximum atomic E-state index is 5.14. The lowest BCUT2D eigenvalue weighted by atomic mass is 9.86. The largest absolute Gasteiger partial charge is 0.308 e. The molecular formula is C46H28N4. The molecule has 1 unspecified atom stereocenters. The van der Waals surface area contributed by atoms with E-state index in [1.54, 1.807) is 0 Å². The topological polar surface area (TPSA) is 43.6 Å². The highest BCUT2D eigenvalue weighted by molar-refractivity contribution is 6.19. The van der Waals surface area contributed by atoms with Gasteiger partial charge in [-0.25, -0.2) is 15.0 Å². The zero-order chi connectivity index (χ0) is 32.8. The van der Waals surface area contributed by atoms with Gasteiger partial charge in [0.15, 0.2) is 17.5 Å². The van der Waals surface area contributed by atoms with Gasteiger partial charge in [0.2, 0.25) is 0 Å². The molecular weight excluding hydrogens is 609 g/mol. The number of hydrogen-bond donors (Lipinski definition) is 0. The molecule has 2 aliphatic carbocycles. The molecule has 4 heteroatoms. The van der Waals surface area contributed by atoms with Gasteiger partial charge in [0.25, 0.3) is 0 Å². The molecule has 0 saturated heterocycles. The minimum Gasteiger partial charge on any atom is -0.308 e. The molecule has 0 fully saturated rings. The first-order valence-corrected chi connectivity index (χ1v) is 17.1. The Morgan fingerprint density at radius 1 is 0.360 bits per heavy atom. The average Bonchev–Trinajstić information content (AvgIpc) is 3.67. The van der Waals surface area contributed by atoms with Crippen LogP contribution in [0.15, 0.2) is 164 Å². The van der Waals surface area contributed by atoms with Gasteiger partial charge in [-0.15, -0.1) is 0 Å². The number of para-hydroxylation sites is 1. The van der Waals surface area contributed by atoms with Gasteiger partial charge in [-0.2, -0.15) is 0 Å². The van der Waals surface area contributed by atoms with Crippen molar-refractivity contribution in [3.63, 3.8) is 0 Å². The number of rotatable bonds is 4. The molecule has 4 nitrogen and oxygen atoms in total. The van der Waals surface area contributed by atoms with Crippen LogP contribution in [0.25, 0.3) is 83.9 Å². The molecule has 7 aromatic carbocycles. The number of fused-ring (bicyclic) bond motifs is 5. The summed E-state index contributed by atoms with van der Waals surface area (Å²) in [7, 11) is 0. The molecule has 0 bridgehead atoms. The third kappa shape index (κ3) is 3.79. The molecule has 1 atom stereocenters. The molecule has 0 aliphatic heterocycles. The second-order valence-electron chi connectivity index (χ2n) is 13.1. The highest BCUT2D eigenvalue weighted by atomic mass is 15.1. The summed E-state index contributed by atoms with van der Waals surface area (Å²) in [5.74, 6) is 2.10. The molecule has 50 heavy (non-hydrogen) atoms. The lowest BCUT2D eigenvalue weighted by Gasteiger charge is -2.18. The van der Waals surface area contributed by atoms with E-state index in [2.05, 4.69) is 132 Å². The summed E-state index contributed by atoms with van der Waals surface area (Å²) in [4.78, 5) is 15.3. The number of nitrogens with zero attached hydrogens (tertiary/aromatic N) is 4. The molecule has 0 spiro atoms. The van der Waals surface area contributed by atoms with Crippen LogP contribution in [0.4, 0.5) is 0 Å². The van der Waals surface area contributed by atoms with Crippen molar-refractivity contribution in [3.8, 4) is 62.1 Å². The van der Waals surface area contributed by atoms with Gasteiger partial charge >= 0.3 is 0 Å². The van der Waals surface area contributed by atoms with E-state index in [-0.39, 0.29) is 5.92 Å². The van der Waals surface area contributed by atoms with Gasteiger partial charge in [-0.05, 0) is 63.2 Å². The Labute approximate surface area is 289 Å². The summed E-state index contributed by atoms with van der Waals surface area (Å²) in [5.41, 5.74) is 15.7. The van der Waals surface area contributed by atoms with Crippen molar-refractivity contribution in [1.82, 2.24) is 19.5 Å². The summed E-state index contributed by atoms with van der Waals surface area (Å²) in [6, 6.07) is 58.3. The van der Waals surface area contributed by atoms with E-state index in [0.717, 1.165) is 22.4 Å². The molecule has 0 N–H and O–H groups in total. The molecule has 0 amide bonds. The second-order valence-corrected chi connectivity index (χ2v) is 13.1. The van der Waals surface area contributed by atoms with Crippen molar-refractivity contribution in [2.45, 2.75) is 5.92 Å². The minimum atomic E-state index is 0.160. The van der Waals surface area contributed by atoms with E-state index in [9.17, 15) is 0 Å². The summed E-state index contributed by atoms with van der Waals surface area (Å²) >= 11 is 0. The summed E-state index contributed by atoms with van der Waals surface area (Å²) in [5, 5.41) is 2.60. The lowest BCUT2D eigenvalue weighted by molar-refractivity contribution is 1.03. The van der Waals surface area contributed by atoms with Crippen molar-refractivity contribution >= 4 is 21.8 Å². The minimum absolute atomic E-state index is 0.160. The molecule has 232 valence electrons. The Morgan fingerprint density at radius 3 is 1.60 bits per heavy atom. The van der Waals surface area contributed by atoms with E-state index >= 15 is 0 Å². The number of hydrogen-bond acceptors (Lipinski definition) is 3. The van der Waals surface area contributed by atoms with Crippen LogP contribution >= 0.6 is 0 Å². The predicted molar refractivity (Wildman–Crippen MR) is 202 cm³/mol. The van der Waals surface area contributed by atoms with Gasteiger partial charge in [0.05, 0.1) is 16.7 Å². The number of benzene rings is 7. The van der Waals surface area contributed by atoms with Crippen molar-refractivity contribution in [3.05, 3.63) is 180 Å². The molecule has 2 aromatic heterocycles. The maximum absolute atomic E-state index is 5.14. The van der Waals surface area contributed by atoms with Gasteiger partial charge in [-0.3, -0.25) is 0 Å². The maximum Gasteiger partial charge on any atom is 0.166 e. The standard InChI is InChI=1S/C46H28N4/c1-3-14-28(15-4-1)44-47-45(29-16-5-2-6-17-29)49-46(48-44)35-20-9-10-25-37(35)50-38-26-12-23-34-33-22-11-21-32-30-18-7-8-19-31(30)41(40(32)33)36-24-13-27-39(50)43(36)42(34)38/h1-27,41H. The third-order valence-electron chi connectivity index (χ3n) is 10.5. The molecule has 11 rings (SSSR count). The highest BCUT2D eigenvalue weighted by Gasteiger charge is 2.37. The van der Waals surface area contributed by atoms with E-state index in [0.29, 0.717) is 17.5 Å². The van der Waals surface area contributed by atoms with Gasteiger partial charge in [-0.1, -0.05) is 140 Å². The first-order valence-electron chi connectivity index (χ1n) is 17.1. The van der Waals surface area contributed by atoms with Crippen LogP contribution in [0, 0.1) is 0 Å². The van der Waals surface area contributed by atoms with Gasteiger partial charge in [0, 0.05) is 33.4 Å². The van der Waals surface area contributed by atoms with Crippen molar-refractivity contribution in [2.75, 3.05) is 0 Å². The monoisotopic (exact) mass is 636 g/mol. The first kappa shape index (κ1) is 27.3. The third-order valence-corrected chi connectivity index (χ3v) is 10.5. The lowest BCUT2D eigenvalue weighted by Crippen LogP contribution is -2.04. The zero-order valence-electron chi connectivity index (χ0n) is 27.0. The summed E-state index contributed by atoms with van der Waals surface area (Å²) < 4.78 is 2.43. The van der Waals surface area contributed by atoms with Gasteiger partial charge in [0.1, 0.15) is 0 Å². The van der Waals surface area contributed by atoms with Crippen LogP contribution in [0.5, 0.6) is 0 Å². The summed E-state index contributed by atoms with van der Waals surface area (Å²) in [6.45, 7) is 0. The fraction of sp³-hybridized carbons (Fsp3) is 0.0217. The predicted octanol–water partition coefficient (Wildman–Crippen LogP) is 11.1. The second kappa shape index (κ2) is 10.4. The van der Waals surface area contributed by atoms with E-state index < -0.39 is 0 Å². The Kier molecular flexibility index (Phi) is 5.69. The Morgan fingerprint density at radius 2 is 0.860 bits per heavy atom. The Bertz CT molecular complexity index is 2760. The summed E-state index contributed by atoms with van der Waals surface area (Å²) in [6.07, 6.45) is 0. The SMILES string of the molecule is c1ccc(-c2nc(-c3ccccc3)nc(-c3ccccc3-n3c4cccc5c4c4c(cccc43)C3c4ccccc4-c4cccc-5c43)n2)cc1. The smallest absolute Gasteiger partial charge is 0.166 e. The van der Waals surface area contributed by atoms with Crippen molar-refractivity contribution in [2.24, 2.45) is 0 Å². The molecule has 0 radical (unpaired) electrons. The highest BCUT2D eigenvalue weighted by Crippen LogP contribution is 2.57. The molecule has 9 aromatic rings. The van der Waals surface area contributed by atoms with E-state index in [4.69, 9.17) is 15.0 Å². The molecule has 0 saturated carbocycles. The fourth-order valence-corrected chi connectivity index (χ4v) is 8.46. The van der Waals surface area contributed by atoms with Crippen LogP contribution < -0.4 is 0 Å². The quantitative estimate of drug-likeness (QED) is 0.193. The molecule has 2 aliphatic rings. The van der Waals surface area contributed by atoms with Crippen LogP contribution in [-0.4, -0.2) is 19.5 Å². The van der Waals surface area contributed by atoms with E-state index in [1.807, 2.05) is 36.4 Å². The van der Waals surface area contributed by atoms with E-state index in [1.165, 1.54) is 60.8 Å². The van der Waals surface area contributed by atoms with Crippen LogP contribution in [0.2, 0.25) is 0 Å². The first-order chi connectivity index (χ1) is 24.8. The zero-order valence-corrected chi connectivity index (χ0v) is 27.0. The van der Waals surface area contributed by atoms with Crippen LogP contribution in [0.1, 0.15) is 22.6 Å². The average molecular weight is 637 g/mol. The van der Waals surface area contributed by atoms with Crippen molar-refractivity contribution < 1.29 is 0 Å². The Hall–Kier alpha value is -6.65. The Balaban J connectivity index is 1.21. The van der Waals surface area contributed by atoms with Crippen LogP contribution in [0.3, 0.4) is 0 Å². The van der Waals surface area contributed by atoms with Gasteiger partial charge < -0.3 is 4.57 Å². The van der Waals surface area contributed by atoms with Crippen molar-refractivity contribution in [1.29, 1.82) is 0 Å². The molecule has 2 heterocycles. The number of aromatic nitrogens is 4. The van der Waals surface area contributed by atoms with Crippen LogP contribution in [-0.2, 0) is 0 Å². The normalized spacial score (nSPS) is 13.8. The fourth-order valence-electron chi connectivity index (χ4n) is 8.46.